The van der Waals surface area contributed by atoms with E-state index in [9.17, 15) is 9.18 Å². The molecule has 4 nitrogen and oxygen atoms in total. The average Bonchev–Trinajstić information content (AvgIpc) is 2.24. The lowest BCUT2D eigenvalue weighted by Gasteiger charge is -2.05. The number of carboxylic acids is 1. The Hall–Kier alpha value is -1.46. The summed E-state index contributed by atoms with van der Waals surface area (Å²) in [4.78, 5) is 10.6. The third-order valence-corrected chi connectivity index (χ3v) is 2.08. The number of rotatable bonds is 6. The molecule has 0 heterocycles. The molecular formula is C11H14FNO3. The minimum Gasteiger partial charge on any atom is -0.478 e. The predicted octanol–water partition coefficient (Wildman–Crippen LogP) is 1.26. The highest BCUT2D eigenvalue weighted by atomic mass is 19.1. The van der Waals surface area contributed by atoms with Gasteiger partial charge in [0.05, 0.1) is 12.2 Å². The van der Waals surface area contributed by atoms with Crippen LogP contribution in [0.4, 0.5) is 4.39 Å². The van der Waals surface area contributed by atoms with Crippen molar-refractivity contribution in [2.45, 2.75) is 6.54 Å². The van der Waals surface area contributed by atoms with Crippen LogP contribution in [0, 0.1) is 5.82 Å². The molecule has 0 radical (unpaired) electrons. The summed E-state index contributed by atoms with van der Waals surface area (Å²) in [6.07, 6.45) is 0. The molecule has 2 N–H and O–H groups in total. The molecule has 0 aliphatic heterocycles. The Morgan fingerprint density at radius 1 is 1.56 bits per heavy atom. The van der Waals surface area contributed by atoms with Crippen LogP contribution in [0.15, 0.2) is 18.2 Å². The molecule has 0 aromatic heterocycles. The lowest BCUT2D eigenvalue weighted by molar-refractivity contribution is 0.0692. The number of halogens is 1. The van der Waals surface area contributed by atoms with E-state index in [1.807, 2.05) is 0 Å². The number of nitrogens with one attached hydrogen (secondary N) is 1. The fourth-order valence-corrected chi connectivity index (χ4v) is 1.25. The van der Waals surface area contributed by atoms with E-state index in [1.54, 1.807) is 13.2 Å². The molecule has 0 unspecified atom stereocenters. The van der Waals surface area contributed by atoms with Gasteiger partial charge in [0.15, 0.2) is 0 Å². The van der Waals surface area contributed by atoms with E-state index in [2.05, 4.69) is 5.32 Å². The standard InChI is InChI=1S/C11H14FNO3/c1-16-5-4-13-7-8-2-3-9(11(14)15)10(12)6-8/h2-3,6,13H,4-5,7H2,1H3,(H,14,15). The quantitative estimate of drug-likeness (QED) is 0.718. The number of carboxylic acid groups (broad SMARTS) is 1. The van der Waals surface area contributed by atoms with Crippen LogP contribution in [0.25, 0.3) is 0 Å². The lowest BCUT2D eigenvalue weighted by atomic mass is 10.1. The Morgan fingerprint density at radius 2 is 2.31 bits per heavy atom. The zero-order valence-electron chi connectivity index (χ0n) is 9.00. The summed E-state index contributed by atoms with van der Waals surface area (Å²) in [6, 6.07) is 4.08. The van der Waals surface area contributed by atoms with Gasteiger partial charge >= 0.3 is 5.97 Å². The molecule has 88 valence electrons. The lowest BCUT2D eigenvalue weighted by Crippen LogP contribution is -2.18. The van der Waals surface area contributed by atoms with Crippen LogP contribution in [0.3, 0.4) is 0 Å². The van der Waals surface area contributed by atoms with Crippen LogP contribution < -0.4 is 5.32 Å². The minimum atomic E-state index is -1.25. The zero-order chi connectivity index (χ0) is 12.0. The van der Waals surface area contributed by atoms with E-state index < -0.39 is 11.8 Å². The average molecular weight is 227 g/mol. The first kappa shape index (κ1) is 12.6. The predicted molar refractivity (Wildman–Crippen MR) is 56.9 cm³/mol. The fraction of sp³-hybridized carbons (Fsp3) is 0.364. The summed E-state index contributed by atoms with van der Waals surface area (Å²) in [5, 5.41) is 11.7. The molecule has 0 aliphatic carbocycles. The van der Waals surface area contributed by atoms with Gasteiger partial charge in [-0.05, 0) is 17.7 Å². The highest BCUT2D eigenvalue weighted by molar-refractivity contribution is 5.87. The molecule has 1 aromatic rings. The Kier molecular flexibility index (Phi) is 4.88. The zero-order valence-corrected chi connectivity index (χ0v) is 9.00. The molecule has 0 fully saturated rings. The van der Waals surface area contributed by atoms with E-state index in [-0.39, 0.29) is 5.56 Å². The van der Waals surface area contributed by atoms with Crippen LogP contribution in [-0.2, 0) is 11.3 Å². The second-order valence-electron chi connectivity index (χ2n) is 3.29. The molecule has 0 saturated carbocycles. The molecule has 1 rings (SSSR count). The molecule has 0 saturated heterocycles. The van der Waals surface area contributed by atoms with Crippen molar-refractivity contribution in [1.29, 1.82) is 0 Å². The second-order valence-corrected chi connectivity index (χ2v) is 3.29. The maximum absolute atomic E-state index is 13.2. The third kappa shape index (κ3) is 3.60. The molecule has 0 amide bonds. The first-order chi connectivity index (χ1) is 7.65. The first-order valence-electron chi connectivity index (χ1n) is 4.86. The number of ether oxygens (including phenoxy) is 1. The summed E-state index contributed by atoms with van der Waals surface area (Å²) in [7, 11) is 1.60. The molecule has 0 bridgehead atoms. The number of benzene rings is 1. The van der Waals surface area contributed by atoms with Crippen molar-refractivity contribution in [2.75, 3.05) is 20.3 Å². The van der Waals surface area contributed by atoms with E-state index >= 15 is 0 Å². The molecule has 0 spiro atoms. The minimum absolute atomic E-state index is 0.305. The molecular weight excluding hydrogens is 213 g/mol. The van der Waals surface area contributed by atoms with Crippen molar-refractivity contribution in [2.24, 2.45) is 0 Å². The summed E-state index contributed by atoms with van der Waals surface area (Å²) < 4.78 is 18.1. The molecule has 1 aromatic carbocycles. The Bertz CT molecular complexity index is 368. The summed E-state index contributed by atoms with van der Waals surface area (Å²) >= 11 is 0. The normalized spacial score (nSPS) is 10.4. The molecule has 0 atom stereocenters. The van der Waals surface area contributed by atoms with Gasteiger partial charge in [-0.15, -0.1) is 0 Å². The topological polar surface area (TPSA) is 58.6 Å². The number of hydrogen-bond acceptors (Lipinski definition) is 3. The van der Waals surface area contributed by atoms with Gasteiger partial charge in [-0.25, -0.2) is 9.18 Å². The van der Waals surface area contributed by atoms with Gasteiger partial charge in [-0.1, -0.05) is 6.07 Å². The van der Waals surface area contributed by atoms with Crippen molar-refractivity contribution in [3.63, 3.8) is 0 Å². The van der Waals surface area contributed by atoms with Crippen molar-refractivity contribution >= 4 is 5.97 Å². The maximum atomic E-state index is 13.2. The van der Waals surface area contributed by atoms with E-state index in [4.69, 9.17) is 9.84 Å². The highest BCUT2D eigenvalue weighted by Gasteiger charge is 2.09. The van der Waals surface area contributed by atoms with Gasteiger partial charge in [0.2, 0.25) is 0 Å². The van der Waals surface area contributed by atoms with Crippen LogP contribution in [0.2, 0.25) is 0 Å². The van der Waals surface area contributed by atoms with Gasteiger partial charge < -0.3 is 15.2 Å². The Balaban J connectivity index is 2.56. The van der Waals surface area contributed by atoms with Crippen LogP contribution >= 0.6 is 0 Å². The van der Waals surface area contributed by atoms with Crippen molar-refractivity contribution in [3.8, 4) is 0 Å². The van der Waals surface area contributed by atoms with Gasteiger partial charge in [0.25, 0.3) is 0 Å². The van der Waals surface area contributed by atoms with Gasteiger partial charge in [-0.3, -0.25) is 0 Å². The molecule has 5 heteroatoms. The number of methoxy groups -OCH3 is 1. The fourth-order valence-electron chi connectivity index (χ4n) is 1.25. The van der Waals surface area contributed by atoms with Gasteiger partial charge in [0.1, 0.15) is 5.82 Å². The summed E-state index contributed by atoms with van der Waals surface area (Å²) in [6.45, 7) is 1.73. The van der Waals surface area contributed by atoms with E-state index in [0.717, 1.165) is 0 Å². The maximum Gasteiger partial charge on any atom is 0.338 e. The van der Waals surface area contributed by atoms with E-state index in [1.165, 1.54) is 12.1 Å². The Morgan fingerprint density at radius 3 is 2.88 bits per heavy atom. The highest BCUT2D eigenvalue weighted by Crippen LogP contribution is 2.10. The summed E-state index contributed by atoms with van der Waals surface area (Å²) in [5.41, 5.74) is 0.402. The monoisotopic (exact) mass is 227 g/mol. The van der Waals surface area contributed by atoms with Crippen molar-refractivity contribution in [1.82, 2.24) is 5.32 Å². The van der Waals surface area contributed by atoms with Gasteiger partial charge in [0, 0.05) is 20.2 Å². The van der Waals surface area contributed by atoms with Crippen LogP contribution in [-0.4, -0.2) is 31.3 Å². The summed E-state index contributed by atoms with van der Waals surface area (Å²) in [5.74, 6) is -1.96. The van der Waals surface area contributed by atoms with Crippen LogP contribution in [0.5, 0.6) is 0 Å². The SMILES string of the molecule is COCCNCc1ccc(C(=O)O)c(F)c1. The van der Waals surface area contributed by atoms with E-state index in [0.29, 0.717) is 25.3 Å². The van der Waals surface area contributed by atoms with Gasteiger partial charge in [-0.2, -0.15) is 0 Å². The number of carbonyl (C=O) groups is 1. The van der Waals surface area contributed by atoms with Crippen molar-refractivity contribution in [3.05, 3.63) is 35.1 Å². The van der Waals surface area contributed by atoms with Crippen LogP contribution in [0.1, 0.15) is 15.9 Å². The Labute approximate surface area is 93.0 Å². The number of aromatic carboxylic acids is 1. The largest absolute Gasteiger partial charge is 0.478 e. The third-order valence-electron chi connectivity index (χ3n) is 2.08. The molecule has 16 heavy (non-hydrogen) atoms. The first-order valence-corrected chi connectivity index (χ1v) is 4.86. The number of hydrogen-bond donors (Lipinski definition) is 2. The second kappa shape index (κ2) is 6.19. The van der Waals surface area contributed by atoms with Crippen molar-refractivity contribution < 1.29 is 19.0 Å². The smallest absolute Gasteiger partial charge is 0.338 e. The molecule has 0 aliphatic rings.